The first-order chi connectivity index (χ1) is 10.6. The van der Waals surface area contributed by atoms with Gasteiger partial charge in [-0.25, -0.2) is 4.39 Å². The van der Waals surface area contributed by atoms with Crippen LogP contribution in [0.4, 0.5) is 4.39 Å². The summed E-state index contributed by atoms with van der Waals surface area (Å²) in [4.78, 5) is 8.19. The van der Waals surface area contributed by atoms with E-state index in [4.69, 9.17) is 9.05 Å². The van der Waals surface area contributed by atoms with Crippen LogP contribution >= 0.6 is 0 Å². The Morgan fingerprint density at radius 1 is 1.18 bits per heavy atom. The number of rotatable bonds is 5. The van der Waals surface area contributed by atoms with E-state index < -0.39 is 11.9 Å². The minimum Gasteiger partial charge on any atom is -0.388 e. The lowest BCUT2D eigenvalue weighted by atomic mass is 10.1. The van der Waals surface area contributed by atoms with Crippen molar-refractivity contribution in [2.45, 2.75) is 25.9 Å². The predicted molar refractivity (Wildman–Crippen MR) is 71.2 cm³/mol. The van der Waals surface area contributed by atoms with E-state index in [1.807, 2.05) is 0 Å². The Kier molecular flexibility index (Phi) is 3.92. The van der Waals surface area contributed by atoms with Crippen LogP contribution in [0.15, 0.2) is 33.3 Å². The Balaban J connectivity index is 1.66. The standard InChI is InChI=1S/C14H13FN4O3/c1-8-16-12(18-21-8)7-13-17-14(22-19-13)6-11(20)9-3-2-4-10(15)5-9/h2-5,11,20H,6-7H2,1H3. The van der Waals surface area contributed by atoms with E-state index in [1.54, 1.807) is 13.0 Å². The van der Waals surface area contributed by atoms with Gasteiger partial charge in [-0.2, -0.15) is 9.97 Å². The molecule has 1 unspecified atom stereocenters. The van der Waals surface area contributed by atoms with Crippen LogP contribution < -0.4 is 0 Å². The second-order valence-electron chi connectivity index (χ2n) is 4.79. The molecule has 0 amide bonds. The van der Waals surface area contributed by atoms with E-state index in [-0.39, 0.29) is 18.7 Å². The van der Waals surface area contributed by atoms with Crippen LogP contribution in [0.25, 0.3) is 0 Å². The highest BCUT2D eigenvalue weighted by Crippen LogP contribution is 2.18. The molecule has 2 aromatic heterocycles. The summed E-state index contributed by atoms with van der Waals surface area (Å²) in [5, 5.41) is 17.6. The molecule has 7 nitrogen and oxygen atoms in total. The van der Waals surface area contributed by atoms with Crippen molar-refractivity contribution < 1.29 is 18.5 Å². The second kappa shape index (κ2) is 6.02. The van der Waals surface area contributed by atoms with Crippen LogP contribution in [0, 0.1) is 12.7 Å². The number of aryl methyl sites for hydroxylation is 1. The molecule has 1 N–H and O–H groups in total. The van der Waals surface area contributed by atoms with E-state index in [1.165, 1.54) is 18.2 Å². The smallest absolute Gasteiger partial charge is 0.229 e. The molecule has 0 radical (unpaired) electrons. The van der Waals surface area contributed by atoms with Gasteiger partial charge in [0.15, 0.2) is 11.6 Å². The number of nitrogens with zero attached hydrogens (tertiary/aromatic N) is 4. The van der Waals surface area contributed by atoms with Gasteiger partial charge in [0.05, 0.1) is 18.9 Å². The summed E-state index contributed by atoms with van der Waals surface area (Å²) < 4.78 is 23.0. The molecule has 0 saturated carbocycles. The fraction of sp³-hybridized carbons (Fsp3) is 0.286. The molecule has 3 rings (SSSR count). The summed E-state index contributed by atoms with van der Waals surface area (Å²) in [6.07, 6.45) is -0.546. The van der Waals surface area contributed by atoms with Gasteiger partial charge in [0, 0.05) is 6.92 Å². The zero-order chi connectivity index (χ0) is 15.5. The molecule has 0 saturated heterocycles. The van der Waals surface area contributed by atoms with Crippen LogP contribution in [0.1, 0.15) is 35.1 Å². The first-order valence-corrected chi connectivity index (χ1v) is 6.64. The molecule has 0 aliphatic heterocycles. The molecule has 1 atom stereocenters. The maximum Gasteiger partial charge on any atom is 0.229 e. The zero-order valence-corrected chi connectivity index (χ0v) is 11.7. The third-order valence-electron chi connectivity index (χ3n) is 3.00. The van der Waals surface area contributed by atoms with Crippen molar-refractivity contribution in [3.8, 4) is 0 Å². The van der Waals surface area contributed by atoms with Crippen LogP contribution in [0.3, 0.4) is 0 Å². The number of hydrogen-bond donors (Lipinski definition) is 1. The quantitative estimate of drug-likeness (QED) is 0.767. The molecule has 114 valence electrons. The van der Waals surface area contributed by atoms with Gasteiger partial charge in [-0.1, -0.05) is 22.4 Å². The summed E-state index contributed by atoms with van der Waals surface area (Å²) in [7, 11) is 0. The van der Waals surface area contributed by atoms with Crippen molar-refractivity contribution in [2.75, 3.05) is 0 Å². The van der Waals surface area contributed by atoms with E-state index >= 15 is 0 Å². The first-order valence-electron chi connectivity index (χ1n) is 6.64. The van der Waals surface area contributed by atoms with Crippen LogP contribution in [0.5, 0.6) is 0 Å². The van der Waals surface area contributed by atoms with Crippen molar-refractivity contribution in [3.05, 3.63) is 59.1 Å². The van der Waals surface area contributed by atoms with E-state index in [0.29, 0.717) is 23.1 Å². The molecule has 22 heavy (non-hydrogen) atoms. The molecule has 3 aromatic rings. The molecule has 8 heteroatoms. The van der Waals surface area contributed by atoms with Crippen molar-refractivity contribution in [1.82, 2.24) is 20.3 Å². The van der Waals surface area contributed by atoms with Crippen molar-refractivity contribution in [1.29, 1.82) is 0 Å². The molecule has 0 bridgehead atoms. The van der Waals surface area contributed by atoms with Crippen LogP contribution in [-0.2, 0) is 12.8 Å². The highest BCUT2D eigenvalue weighted by Gasteiger charge is 2.16. The Hall–Kier alpha value is -2.61. The van der Waals surface area contributed by atoms with E-state index in [2.05, 4.69) is 20.3 Å². The molecule has 0 aliphatic rings. The average Bonchev–Trinajstić information content (AvgIpc) is 3.09. The highest BCUT2D eigenvalue weighted by atomic mass is 19.1. The largest absolute Gasteiger partial charge is 0.388 e. The van der Waals surface area contributed by atoms with Gasteiger partial charge in [-0.15, -0.1) is 0 Å². The Morgan fingerprint density at radius 3 is 2.68 bits per heavy atom. The van der Waals surface area contributed by atoms with Gasteiger partial charge >= 0.3 is 0 Å². The highest BCUT2D eigenvalue weighted by molar-refractivity contribution is 5.19. The minimum absolute atomic E-state index is 0.0989. The lowest BCUT2D eigenvalue weighted by molar-refractivity contribution is 0.164. The molecule has 0 spiro atoms. The lowest BCUT2D eigenvalue weighted by Gasteiger charge is -2.07. The number of aliphatic hydroxyl groups excluding tert-OH is 1. The lowest BCUT2D eigenvalue weighted by Crippen LogP contribution is -2.03. The molecular formula is C14H13FN4O3. The fourth-order valence-electron chi connectivity index (χ4n) is 2.00. The van der Waals surface area contributed by atoms with E-state index in [0.717, 1.165) is 0 Å². The summed E-state index contributed by atoms with van der Waals surface area (Å²) in [6, 6.07) is 5.75. The molecular weight excluding hydrogens is 291 g/mol. The molecule has 0 aliphatic carbocycles. The van der Waals surface area contributed by atoms with Gasteiger partial charge < -0.3 is 14.2 Å². The van der Waals surface area contributed by atoms with Crippen LogP contribution in [-0.4, -0.2) is 25.4 Å². The van der Waals surface area contributed by atoms with Gasteiger partial charge in [0.25, 0.3) is 0 Å². The molecule has 0 fully saturated rings. The average molecular weight is 304 g/mol. The van der Waals surface area contributed by atoms with E-state index in [9.17, 15) is 9.50 Å². The Morgan fingerprint density at radius 2 is 1.95 bits per heavy atom. The predicted octanol–water partition coefficient (Wildman–Crippen LogP) is 1.77. The molecule has 2 heterocycles. The minimum atomic E-state index is -0.920. The SMILES string of the molecule is Cc1nc(Cc2noc(CC(O)c3cccc(F)c3)n2)no1. The monoisotopic (exact) mass is 304 g/mol. The molecule has 1 aromatic carbocycles. The Bertz CT molecular complexity index is 771. The van der Waals surface area contributed by atoms with Crippen molar-refractivity contribution >= 4 is 0 Å². The maximum absolute atomic E-state index is 13.1. The van der Waals surface area contributed by atoms with Crippen molar-refractivity contribution in [3.63, 3.8) is 0 Å². The normalized spacial score (nSPS) is 12.5. The van der Waals surface area contributed by atoms with Crippen molar-refractivity contribution in [2.24, 2.45) is 0 Å². The first kappa shape index (κ1) is 14.3. The summed E-state index contributed by atoms with van der Waals surface area (Å²) in [5.74, 6) is 1.15. The van der Waals surface area contributed by atoms with Crippen LogP contribution in [0.2, 0.25) is 0 Å². The van der Waals surface area contributed by atoms with Gasteiger partial charge in [-0.3, -0.25) is 0 Å². The zero-order valence-electron chi connectivity index (χ0n) is 11.7. The number of halogens is 1. The van der Waals surface area contributed by atoms with Gasteiger partial charge in [-0.05, 0) is 17.7 Å². The second-order valence-corrected chi connectivity index (χ2v) is 4.79. The third-order valence-corrected chi connectivity index (χ3v) is 3.00. The summed E-state index contributed by atoms with van der Waals surface area (Å²) >= 11 is 0. The summed E-state index contributed by atoms with van der Waals surface area (Å²) in [6.45, 7) is 1.69. The Labute approximate surface area is 124 Å². The van der Waals surface area contributed by atoms with Gasteiger partial charge in [0.2, 0.25) is 11.8 Å². The third kappa shape index (κ3) is 3.34. The summed E-state index contributed by atoms with van der Waals surface area (Å²) in [5.41, 5.74) is 0.452. The maximum atomic E-state index is 13.1. The van der Waals surface area contributed by atoms with Gasteiger partial charge in [0.1, 0.15) is 5.82 Å². The number of aromatic nitrogens is 4. The fourth-order valence-corrected chi connectivity index (χ4v) is 2.00. The number of hydrogen-bond acceptors (Lipinski definition) is 7. The number of aliphatic hydroxyl groups is 1. The topological polar surface area (TPSA) is 98.1 Å². The number of benzene rings is 1.